The van der Waals surface area contributed by atoms with E-state index >= 15 is 0 Å². The van der Waals surface area contributed by atoms with Gasteiger partial charge < -0.3 is 9.84 Å². The Kier molecular flexibility index (Phi) is 3.87. The molecule has 0 radical (unpaired) electrons. The molecule has 0 spiro atoms. The molecule has 1 aromatic rings. The van der Waals surface area contributed by atoms with Crippen molar-refractivity contribution in [2.24, 2.45) is 7.05 Å². The minimum atomic E-state index is -0.968. The number of carboxylic acids is 1. The lowest BCUT2D eigenvalue weighted by molar-refractivity contribution is -0.150. The normalized spacial score (nSPS) is 12.8. The quantitative estimate of drug-likeness (QED) is 0.905. The molecule has 5 nitrogen and oxygen atoms in total. The Hall–Kier alpha value is -0.880. The van der Waals surface area contributed by atoms with Gasteiger partial charge in [-0.25, -0.2) is 4.79 Å². The zero-order valence-corrected chi connectivity index (χ0v) is 10.4. The van der Waals surface area contributed by atoms with Gasteiger partial charge in [-0.15, -0.1) is 0 Å². The average molecular weight is 277 g/mol. The second-order valence-electron chi connectivity index (χ2n) is 3.26. The molecule has 0 saturated heterocycles. The standard InChI is InChI=1S/C9H13BrN2O3/c1-5-8(10)7(12(3)11-5)4-15-6(2)9(13)14/h6H,4H2,1-3H3,(H,13,14)/t6-/m0/s1. The van der Waals surface area contributed by atoms with Crippen LogP contribution in [0.25, 0.3) is 0 Å². The van der Waals surface area contributed by atoms with E-state index in [0.717, 1.165) is 15.9 Å². The first-order chi connectivity index (χ1) is 6.93. The molecule has 0 saturated carbocycles. The van der Waals surface area contributed by atoms with Crippen molar-refractivity contribution in [1.29, 1.82) is 0 Å². The van der Waals surface area contributed by atoms with Crippen molar-refractivity contribution in [3.05, 3.63) is 15.9 Å². The fourth-order valence-electron chi connectivity index (χ4n) is 1.11. The molecule has 0 aliphatic rings. The molecule has 0 aliphatic heterocycles. The number of halogens is 1. The van der Waals surface area contributed by atoms with E-state index in [2.05, 4.69) is 21.0 Å². The van der Waals surface area contributed by atoms with Crippen molar-refractivity contribution < 1.29 is 14.6 Å². The summed E-state index contributed by atoms with van der Waals surface area (Å²) in [5.74, 6) is -0.968. The van der Waals surface area contributed by atoms with E-state index in [1.54, 1.807) is 11.7 Å². The van der Waals surface area contributed by atoms with Crippen molar-refractivity contribution in [1.82, 2.24) is 9.78 Å². The van der Waals surface area contributed by atoms with Gasteiger partial charge >= 0.3 is 5.97 Å². The van der Waals surface area contributed by atoms with Crippen LogP contribution in [0, 0.1) is 6.92 Å². The summed E-state index contributed by atoms with van der Waals surface area (Å²) >= 11 is 3.38. The molecular weight excluding hydrogens is 264 g/mol. The largest absolute Gasteiger partial charge is 0.479 e. The van der Waals surface area contributed by atoms with Crippen LogP contribution in [0.1, 0.15) is 18.3 Å². The SMILES string of the molecule is Cc1nn(C)c(CO[C@@H](C)C(=O)O)c1Br. The van der Waals surface area contributed by atoms with E-state index in [1.807, 2.05) is 6.92 Å². The first kappa shape index (κ1) is 12.2. The van der Waals surface area contributed by atoms with Gasteiger partial charge in [0.2, 0.25) is 0 Å². The number of ether oxygens (including phenoxy) is 1. The fourth-order valence-corrected chi connectivity index (χ4v) is 1.56. The predicted octanol–water partition coefficient (Wildman–Crippen LogP) is 1.48. The predicted molar refractivity (Wildman–Crippen MR) is 57.5 cm³/mol. The third kappa shape index (κ3) is 2.79. The van der Waals surface area contributed by atoms with Crippen LogP contribution in [0.5, 0.6) is 0 Å². The Labute approximate surface area is 96.2 Å². The van der Waals surface area contributed by atoms with Gasteiger partial charge in [-0.3, -0.25) is 4.68 Å². The number of aryl methyl sites for hydroxylation is 2. The van der Waals surface area contributed by atoms with Crippen LogP contribution >= 0.6 is 15.9 Å². The Morgan fingerprint density at radius 2 is 2.33 bits per heavy atom. The zero-order valence-electron chi connectivity index (χ0n) is 8.82. The van der Waals surface area contributed by atoms with E-state index in [0.29, 0.717) is 0 Å². The summed E-state index contributed by atoms with van der Waals surface area (Å²) in [6, 6.07) is 0. The average Bonchev–Trinajstić information content (AvgIpc) is 2.38. The summed E-state index contributed by atoms with van der Waals surface area (Å²) in [5, 5.41) is 12.8. The molecule has 1 heterocycles. The number of rotatable bonds is 4. The van der Waals surface area contributed by atoms with Crippen LogP contribution in [-0.4, -0.2) is 27.0 Å². The smallest absolute Gasteiger partial charge is 0.332 e. The minimum absolute atomic E-state index is 0.228. The molecule has 0 aliphatic carbocycles. The van der Waals surface area contributed by atoms with Crippen LogP contribution < -0.4 is 0 Å². The number of aliphatic carboxylic acids is 1. The Morgan fingerprint density at radius 1 is 1.73 bits per heavy atom. The first-order valence-electron chi connectivity index (χ1n) is 4.46. The lowest BCUT2D eigenvalue weighted by Crippen LogP contribution is -2.20. The maximum Gasteiger partial charge on any atom is 0.332 e. The number of hydrogen-bond donors (Lipinski definition) is 1. The highest BCUT2D eigenvalue weighted by Gasteiger charge is 2.15. The summed E-state index contributed by atoms with van der Waals surface area (Å²) in [4.78, 5) is 10.5. The molecule has 1 aromatic heterocycles. The van der Waals surface area contributed by atoms with Crippen LogP contribution in [-0.2, 0) is 23.2 Å². The van der Waals surface area contributed by atoms with E-state index < -0.39 is 12.1 Å². The molecule has 0 bridgehead atoms. The van der Waals surface area contributed by atoms with E-state index in [4.69, 9.17) is 9.84 Å². The highest BCUT2D eigenvalue weighted by Crippen LogP contribution is 2.21. The Balaban J connectivity index is 2.69. The van der Waals surface area contributed by atoms with Crippen molar-refractivity contribution >= 4 is 21.9 Å². The van der Waals surface area contributed by atoms with Crippen LogP contribution in [0.4, 0.5) is 0 Å². The molecule has 0 amide bonds. The summed E-state index contributed by atoms with van der Waals surface area (Å²) in [6.45, 7) is 3.60. The molecule has 1 N–H and O–H groups in total. The molecule has 0 fully saturated rings. The van der Waals surface area contributed by atoms with E-state index in [-0.39, 0.29) is 6.61 Å². The van der Waals surface area contributed by atoms with Gasteiger partial charge in [0.05, 0.1) is 22.5 Å². The molecule has 0 aromatic carbocycles. The number of nitrogens with zero attached hydrogens (tertiary/aromatic N) is 2. The van der Waals surface area contributed by atoms with Gasteiger partial charge in [-0.05, 0) is 29.8 Å². The first-order valence-corrected chi connectivity index (χ1v) is 5.25. The molecular formula is C9H13BrN2O3. The van der Waals surface area contributed by atoms with Gasteiger partial charge in [-0.2, -0.15) is 5.10 Å². The van der Waals surface area contributed by atoms with Crippen molar-refractivity contribution in [2.75, 3.05) is 0 Å². The van der Waals surface area contributed by atoms with Gasteiger partial charge in [0.25, 0.3) is 0 Å². The monoisotopic (exact) mass is 276 g/mol. The van der Waals surface area contributed by atoms with Crippen molar-refractivity contribution in [3.63, 3.8) is 0 Å². The summed E-state index contributed by atoms with van der Waals surface area (Å²) in [5.41, 5.74) is 1.69. The van der Waals surface area contributed by atoms with E-state index in [1.165, 1.54) is 6.92 Å². The van der Waals surface area contributed by atoms with Gasteiger partial charge in [0, 0.05) is 7.05 Å². The van der Waals surface area contributed by atoms with Gasteiger partial charge in [0.15, 0.2) is 6.10 Å². The molecule has 84 valence electrons. The maximum atomic E-state index is 10.5. The zero-order chi connectivity index (χ0) is 11.6. The summed E-state index contributed by atoms with van der Waals surface area (Å²) in [7, 11) is 1.79. The second kappa shape index (κ2) is 4.76. The molecule has 0 unspecified atom stereocenters. The van der Waals surface area contributed by atoms with Crippen molar-refractivity contribution in [3.8, 4) is 0 Å². The van der Waals surface area contributed by atoms with Crippen LogP contribution in [0.15, 0.2) is 4.47 Å². The second-order valence-corrected chi connectivity index (χ2v) is 4.05. The highest BCUT2D eigenvalue weighted by atomic mass is 79.9. The van der Waals surface area contributed by atoms with Crippen LogP contribution in [0.2, 0.25) is 0 Å². The lowest BCUT2D eigenvalue weighted by atomic mass is 10.3. The number of carboxylic acid groups (broad SMARTS) is 1. The molecule has 1 rings (SSSR count). The maximum absolute atomic E-state index is 10.5. The molecule has 15 heavy (non-hydrogen) atoms. The number of aromatic nitrogens is 2. The lowest BCUT2D eigenvalue weighted by Gasteiger charge is -2.08. The third-order valence-electron chi connectivity index (χ3n) is 2.08. The third-order valence-corrected chi connectivity index (χ3v) is 3.11. The minimum Gasteiger partial charge on any atom is -0.479 e. The van der Waals surface area contributed by atoms with Crippen LogP contribution in [0.3, 0.4) is 0 Å². The Morgan fingerprint density at radius 3 is 2.73 bits per heavy atom. The summed E-state index contributed by atoms with van der Waals surface area (Å²) in [6.07, 6.45) is -0.813. The summed E-state index contributed by atoms with van der Waals surface area (Å²) < 4.78 is 7.71. The molecule has 6 heteroatoms. The van der Waals surface area contributed by atoms with E-state index in [9.17, 15) is 4.79 Å². The highest BCUT2D eigenvalue weighted by molar-refractivity contribution is 9.10. The fraction of sp³-hybridized carbons (Fsp3) is 0.556. The number of hydrogen-bond acceptors (Lipinski definition) is 3. The van der Waals surface area contributed by atoms with Gasteiger partial charge in [0.1, 0.15) is 0 Å². The molecule has 1 atom stereocenters. The van der Waals surface area contributed by atoms with Gasteiger partial charge in [-0.1, -0.05) is 0 Å². The number of carbonyl (C=O) groups is 1. The Bertz CT molecular complexity index is 376. The van der Waals surface area contributed by atoms with Crippen molar-refractivity contribution in [2.45, 2.75) is 26.6 Å². The topological polar surface area (TPSA) is 64.4 Å².